The number of aromatic amines is 1. The quantitative estimate of drug-likeness (QED) is 0.813. The van der Waals surface area contributed by atoms with Crippen LogP contribution in [0.2, 0.25) is 0 Å². The second kappa shape index (κ2) is 6.27. The molecule has 0 atom stereocenters. The zero-order valence-electron chi connectivity index (χ0n) is 11.4. The summed E-state index contributed by atoms with van der Waals surface area (Å²) in [7, 11) is 1.60. The Bertz CT molecular complexity index is 604. The highest BCUT2D eigenvalue weighted by Gasteiger charge is 2.10. The molecule has 4 heteroatoms. The molecule has 0 spiro atoms. The molecule has 0 unspecified atom stereocenters. The van der Waals surface area contributed by atoms with Crippen molar-refractivity contribution in [3.8, 4) is 11.5 Å². The summed E-state index contributed by atoms with van der Waals surface area (Å²) in [5.41, 5.74) is 0.558. The van der Waals surface area contributed by atoms with E-state index in [4.69, 9.17) is 9.47 Å². The molecule has 0 amide bonds. The standard InChI is InChI=1S/C15H19NO3/c1-3-4-5-10-19-15-12(18-2)8-6-11-7-9-13(17)16-14(11)15/h6-9H,3-5,10H2,1-2H3,(H,16,17). The van der Waals surface area contributed by atoms with Crippen LogP contribution in [-0.4, -0.2) is 18.7 Å². The first-order chi connectivity index (χ1) is 9.26. The molecule has 4 nitrogen and oxygen atoms in total. The average molecular weight is 261 g/mol. The maximum absolute atomic E-state index is 11.5. The minimum absolute atomic E-state index is 0.140. The Hall–Kier alpha value is -1.97. The second-order valence-electron chi connectivity index (χ2n) is 4.44. The third-order valence-corrected chi connectivity index (χ3v) is 3.03. The number of rotatable bonds is 6. The zero-order chi connectivity index (χ0) is 13.7. The van der Waals surface area contributed by atoms with Crippen LogP contribution in [0.3, 0.4) is 0 Å². The molecule has 0 aliphatic carbocycles. The first-order valence-corrected chi connectivity index (χ1v) is 6.59. The van der Waals surface area contributed by atoms with Crippen molar-refractivity contribution in [2.24, 2.45) is 0 Å². The summed E-state index contributed by atoms with van der Waals surface area (Å²) in [5.74, 6) is 1.26. The maximum atomic E-state index is 11.5. The van der Waals surface area contributed by atoms with Gasteiger partial charge in [-0.25, -0.2) is 0 Å². The van der Waals surface area contributed by atoms with Gasteiger partial charge in [0.2, 0.25) is 5.56 Å². The predicted octanol–water partition coefficient (Wildman–Crippen LogP) is 3.11. The monoisotopic (exact) mass is 261 g/mol. The molecule has 102 valence electrons. The second-order valence-corrected chi connectivity index (χ2v) is 4.44. The van der Waals surface area contributed by atoms with E-state index in [0.29, 0.717) is 23.6 Å². The maximum Gasteiger partial charge on any atom is 0.248 e. The number of hydrogen-bond acceptors (Lipinski definition) is 3. The average Bonchev–Trinajstić information content (AvgIpc) is 2.43. The molecule has 1 aromatic carbocycles. The Morgan fingerprint density at radius 3 is 2.68 bits per heavy atom. The molecule has 1 N–H and O–H groups in total. The summed E-state index contributed by atoms with van der Waals surface area (Å²) in [6.45, 7) is 2.77. The van der Waals surface area contributed by atoms with Gasteiger partial charge in [0.25, 0.3) is 0 Å². The lowest BCUT2D eigenvalue weighted by atomic mass is 10.2. The lowest BCUT2D eigenvalue weighted by molar-refractivity contribution is 0.289. The van der Waals surface area contributed by atoms with Crippen LogP contribution in [0, 0.1) is 0 Å². The summed E-state index contributed by atoms with van der Waals surface area (Å²) in [4.78, 5) is 14.3. The van der Waals surface area contributed by atoms with Gasteiger partial charge in [0.15, 0.2) is 11.5 Å². The summed E-state index contributed by atoms with van der Waals surface area (Å²) < 4.78 is 11.1. The lowest BCUT2D eigenvalue weighted by Crippen LogP contribution is -2.06. The molecule has 19 heavy (non-hydrogen) atoms. The molecule has 1 heterocycles. The number of nitrogens with one attached hydrogen (secondary N) is 1. The Labute approximate surface area is 112 Å². The highest BCUT2D eigenvalue weighted by Crippen LogP contribution is 2.33. The van der Waals surface area contributed by atoms with E-state index in [1.54, 1.807) is 13.2 Å². The van der Waals surface area contributed by atoms with Gasteiger partial charge < -0.3 is 14.5 Å². The van der Waals surface area contributed by atoms with E-state index < -0.39 is 0 Å². The Morgan fingerprint density at radius 1 is 1.16 bits per heavy atom. The van der Waals surface area contributed by atoms with E-state index in [-0.39, 0.29) is 5.56 Å². The molecule has 0 saturated heterocycles. The summed E-state index contributed by atoms with van der Waals surface area (Å²) >= 11 is 0. The number of pyridine rings is 1. The highest BCUT2D eigenvalue weighted by atomic mass is 16.5. The van der Waals surface area contributed by atoms with Crippen molar-refractivity contribution in [3.63, 3.8) is 0 Å². The first kappa shape index (κ1) is 13.5. The minimum Gasteiger partial charge on any atom is -0.493 e. The van der Waals surface area contributed by atoms with Gasteiger partial charge in [-0.2, -0.15) is 0 Å². The van der Waals surface area contributed by atoms with Gasteiger partial charge in [0.05, 0.1) is 19.2 Å². The van der Waals surface area contributed by atoms with Crippen molar-refractivity contribution in [1.82, 2.24) is 4.98 Å². The van der Waals surface area contributed by atoms with Gasteiger partial charge in [0, 0.05) is 11.5 Å². The van der Waals surface area contributed by atoms with E-state index in [0.717, 1.165) is 24.6 Å². The van der Waals surface area contributed by atoms with Crippen molar-refractivity contribution >= 4 is 10.9 Å². The topological polar surface area (TPSA) is 51.3 Å². The van der Waals surface area contributed by atoms with Crippen LogP contribution in [0.15, 0.2) is 29.1 Å². The Balaban J connectivity index is 2.36. The fourth-order valence-corrected chi connectivity index (χ4v) is 2.01. The predicted molar refractivity (Wildman–Crippen MR) is 76.1 cm³/mol. The van der Waals surface area contributed by atoms with E-state index >= 15 is 0 Å². The van der Waals surface area contributed by atoms with Crippen LogP contribution in [0.4, 0.5) is 0 Å². The Morgan fingerprint density at radius 2 is 1.95 bits per heavy atom. The van der Waals surface area contributed by atoms with Crippen LogP contribution >= 0.6 is 0 Å². The normalized spacial score (nSPS) is 10.6. The number of benzene rings is 1. The number of H-pyrrole nitrogens is 1. The molecule has 0 fully saturated rings. The molecule has 0 bridgehead atoms. The molecule has 2 aromatic rings. The van der Waals surface area contributed by atoms with E-state index in [1.165, 1.54) is 6.07 Å². The molecule has 2 rings (SSSR count). The van der Waals surface area contributed by atoms with Gasteiger partial charge in [-0.05, 0) is 24.6 Å². The molecule has 0 radical (unpaired) electrons. The highest BCUT2D eigenvalue weighted by molar-refractivity contribution is 5.86. The van der Waals surface area contributed by atoms with E-state index in [9.17, 15) is 4.79 Å². The van der Waals surface area contributed by atoms with Crippen LogP contribution in [0.25, 0.3) is 10.9 Å². The molecular weight excluding hydrogens is 242 g/mol. The smallest absolute Gasteiger partial charge is 0.248 e. The summed E-state index contributed by atoms with van der Waals surface area (Å²) in [5, 5.41) is 0.936. The van der Waals surface area contributed by atoms with E-state index in [2.05, 4.69) is 11.9 Å². The minimum atomic E-state index is -0.140. The number of aromatic nitrogens is 1. The van der Waals surface area contributed by atoms with Crippen molar-refractivity contribution in [1.29, 1.82) is 0 Å². The van der Waals surface area contributed by atoms with Crippen LogP contribution in [-0.2, 0) is 0 Å². The first-order valence-electron chi connectivity index (χ1n) is 6.59. The van der Waals surface area contributed by atoms with Gasteiger partial charge >= 0.3 is 0 Å². The number of hydrogen-bond donors (Lipinski definition) is 1. The van der Waals surface area contributed by atoms with Gasteiger partial charge in [-0.15, -0.1) is 0 Å². The zero-order valence-corrected chi connectivity index (χ0v) is 11.4. The van der Waals surface area contributed by atoms with Crippen molar-refractivity contribution in [2.45, 2.75) is 26.2 Å². The van der Waals surface area contributed by atoms with Crippen LogP contribution in [0.1, 0.15) is 26.2 Å². The summed E-state index contributed by atoms with van der Waals surface area (Å²) in [6, 6.07) is 7.06. The third-order valence-electron chi connectivity index (χ3n) is 3.03. The molecular formula is C15H19NO3. The molecule has 0 aliphatic heterocycles. The number of fused-ring (bicyclic) bond motifs is 1. The molecule has 0 aliphatic rings. The fourth-order valence-electron chi connectivity index (χ4n) is 2.01. The molecule has 1 aromatic heterocycles. The SMILES string of the molecule is CCCCCOc1c(OC)ccc2ccc(=O)[nH]c12. The number of methoxy groups -OCH3 is 1. The van der Waals surface area contributed by atoms with Gasteiger partial charge in [-0.3, -0.25) is 4.79 Å². The van der Waals surface area contributed by atoms with Crippen LogP contribution in [0.5, 0.6) is 11.5 Å². The van der Waals surface area contributed by atoms with Crippen molar-refractivity contribution in [3.05, 3.63) is 34.6 Å². The van der Waals surface area contributed by atoms with E-state index in [1.807, 2.05) is 12.1 Å². The van der Waals surface area contributed by atoms with Gasteiger partial charge in [-0.1, -0.05) is 19.8 Å². The number of ether oxygens (including phenoxy) is 2. The van der Waals surface area contributed by atoms with Crippen molar-refractivity contribution in [2.75, 3.05) is 13.7 Å². The summed E-state index contributed by atoms with van der Waals surface area (Å²) in [6.07, 6.45) is 3.27. The third kappa shape index (κ3) is 3.08. The Kier molecular flexibility index (Phi) is 4.44. The number of unbranched alkanes of at least 4 members (excludes halogenated alkanes) is 2. The van der Waals surface area contributed by atoms with Crippen LogP contribution < -0.4 is 15.0 Å². The van der Waals surface area contributed by atoms with Crippen molar-refractivity contribution < 1.29 is 9.47 Å². The lowest BCUT2D eigenvalue weighted by Gasteiger charge is -2.13. The fraction of sp³-hybridized carbons (Fsp3) is 0.400. The molecule has 0 saturated carbocycles. The van der Waals surface area contributed by atoms with Gasteiger partial charge in [0.1, 0.15) is 0 Å². The largest absolute Gasteiger partial charge is 0.493 e.